The molecule has 1 N–H and O–H groups in total. The number of hydrogen-bond acceptors (Lipinski definition) is 2. The smallest absolute Gasteiger partial charge is 0.139 e. The maximum absolute atomic E-state index is 13.3. The molecule has 1 aromatic carbocycles. The van der Waals surface area contributed by atoms with Gasteiger partial charge in [-0.1, -0.05) is 6.92 Å². The van der Waals surface area contributed by atoms with E-state index in [1.165, 1.54) is 6.07 Å². The molecule has 0 fully saturated rings. The summed E-state index contributed by atoms with van der Waals surface area (Å²) in [4.78, 5) is 4.30. The van der Waals surface area contributed by atoms with E-state index in [0.29, 0.717) is 6.54 Å². The molecule has 4 heteroatoms. The Bertz CT molecular complexity index is 505. The summed E-state index contributed by atoms with van der Waals surface area (Å²) in [5.41, 5.74) is 1.90. The number of benzene rings is 1. The average molecular weight is 233 g/mol. The molecular weight excluding hydrogens is 217 g/mol. The van der Waals surface area contributed by atoms with Gasteiger partial charge in [0, 0.05) is 31.5 Å². The Hall–Kier alpha value is -1.68. The highest BCUT2D eigenvalue weighted by molar-refractivity contribution is 5.60. The quantitative estimate of drug-likeness (QED) is 0.878. The number of rotatable bonds is 4. The standard InChI is InChI=1S/C13H16FN3/c1-3-15-9-10-8-11(14)4-5-12(10)13-16-6-7-17(13)2/h4-8,15H,3,9H2,1-2H3. The van der Waals surface area contributed by atoms with Gasteiger partial charge in [0.1, 0.15) is 11.6 Å². The molecule has 2 aromatic rings. The lowest BCUT2D eigenvalue weighted by Gasteiger charge is -2.10. The Balaban J connectivity index is 2.42. The van der Waals surface area contributed by atoms with E-state index in [4.69, 9.17) is 0 Å². The fraction of sp³-hybridized carbons (Fsp3) is 0.308. The van der Waals surface area contributed by atoms with Crippen LogP contribution in [0.4, 0.5) is 4.39 Å². The topological polar surface area (TPSA) is 29.9 Å². The summed E-state index contributed by atoms with van der Waals surface area (Å²) < 4.78 is 15.2. The molecule has 0 radical (unpaired) electrons. The van der Waals surface area contributed by atoms with Gasteiger partial charge in [-0.05, 0) is 30.3 Å². The lowest BCUT2D eigenvalue weighted by Crippen LogP contribution is -2.13. The van der Waals surface area contributed by atoms with Crippen molar-refractivity contribution < 1.29 is 4.39 Å². The summed E-state index contributed by atoms with van der Waals surface area (Å²) in [7, 11) is 1.93. The number of aryl methyl sites for hydroxylation is 1. The van der Waals surface area contributed by atoms with Crippen LogP contribution in [-0.2, 0) is 13.6 Å². The van der Waals surface area contributed by atoms with Crippen LogP contribution >= 0.6 is 0 Å². The Labute approximate surface area is 100 Å². The van der Waals surface area contributed by atoms with Crippen LogP contribution in [0.2, 0.25) is 0 Å². The molecule has 0 saturated carbocycles. The lowest BCUT2D eigenvalue weighted by molar-refractivity contribution is 0.622. The molecule has 0 aliphatic carbocycles. The second-order valence-electron chi connectivity index (χ2n) is 3.94. The van der Waals surface area contributed by atoms with Crippen molar-refractivity contribution in [1.82, 2.24) is 14.9 Å². The molecule has 0 aliphatic rings. The van der Waals surface area contributed by atoms with Crippen molar-refractivity contribution in [1.29, 1.82) is 0 Å². The van der Waals surface area contributed by atoms with Crippen LogP contribution in [0.5, 0.6) is 0 Å². The first kappa shape index (κ1) is 11.8. The van der Waals surface area contributed by atoms with E-state index < -0.39 is 0 Å². The number of imidazole rings is 1. The Morgan fingerprint density at radius 3 is 2.88 bits per heavy atom. The molecule has 0 aliphatic heterocycles. The van der Waals surface area contributed by atoms with E-state index in [0.717, 1.165) is 23.5 Å². The van der Waals surface area contributed by atoms with E-state index in [-0.39, 0.29) is 5.82 Å². The predicted octanol–water partition coefficient (Wildman–Crippen LogP) is 2.34. The summed E-state index contributed by atoms with van der Waals surface area (Å²) in [6.45, 7) is 3.53. The van der Waals surface area contributed by atoms with E-state index in [9.17, 15) is 4.39 Å². The first-order valence-electron chi connectivity index (χ1n) is 5.69. The number of nitrogens with one attached hydrogen (secondary N) is 1. The average Bonchev–Trinajstić information content (AvgIpc) is 2.73. The summed E-state index contributed by atoms with van der Waals surface area (Å²) in [5.74, 6) is 0.647. The minimum atomic E-state index is -0.212. The number of halogens is 1. The number of aromatic nitrogens is 2. The Morgan fingerprint density at radius 2 is 2.24 bits per heavy atom. The Kier molecular flexibility index (Phi) is 3.54. The van der Waals surface area contributed by atoms with E-state index in [1.54, 1.807) is 18.3 Å². The monoisotopic (exact) mass is 233 g/mol. The van der Waals surface area contributed by atoms with Crippen LogP contribution < -0.4 is 5.32 Å². The van der Waals surface area contributed by atoms with Crippen LogP contribution in [0.3, 0.4) is 0 Å². The van der Waals surface area contributed by atoms with Crippen molar-refractivity contribution in [3.8, 4) is 11.4 Å². The largest absolute Gasteiger partial charge is 0.334 e. The first-order chi connectivity index (χ1) is 8.22. The fourth-order valence-electron chi connectivity index (χ4n) is 1.81. The third kappa shape index (κ3) is 2.53. The summed E-state index contributed by atoms with van der Waals surface area (Å²) >= 11 is 0. The SMILES string of the molecule is CCNCc1cc(F)ccc1-c1nccn1C. The van der Waals surface area contributed by atoms with Crippen molar-refractivity contribution in [3.63, 3.8) is 0 Å². The predicted molar refractivity (Wildman–Crippen MR) is 66.0 cm³/mol. The van der Waals surface area contributed by atoms with Crippen LogP contribution in [0, 0.1) is 5.82 Å². The third-order valence-electron chi connectivity index (χ3n) is 2.69. The summed E-state index contributed by atoms with van der Waals surface area (Å²) in [6, 6.07) is 4.82. The highest BCUT2D eigenvalue weighted by atomic mass is 19.1. The van der Waals surface area contributed by atoms with Crippen molar-refractivity contribution in [2.75, 3.05) is 6.54 Å². The molecule has 0 saturated heterocycles. The van der Waals surface area contributed by atoms with Crippen molar-refractivity contribution in [3.05, 3.63) is 42.0 Å². The van der Waals surface area contributed by atoms with Gasteiger partial charge in [-0.2, -0.15) is 0 Å². The van der Waals surface area contributed by atoms with Gasteiger partial charge in [0.05, 0.1) is 0 Å². The molecule has 0 spiro atoms. The van der Waals surface area contributed by atoms with Crippen molar-refractivity contribution >= 4 is 0 Å². The van der Waals surface area contributed by atoms with Crippen LogP contribution in [0.15, 0.2) is 30.6 Å². The number of hydrogen-bond donors (Lipinski definition) is 1. The van der Waals surface area contributed by atoms with E-state index in [1.807, 2.05) is 24.7 Å². The first-order valence-corrected chi connectivity index (χ1v) is 5.69. The molecule has 17 heavy (non-hydrogen) atoms. The summed E-state index contributed by atoms with van der Waals surface area (Å²) in [6.07, 6.45) is 3.63. The molecule has 0 atom stereocenters. The van der Waals surface area contributed by atoms with Gasteiger partial charge in [-0.15, -0.1) is 0 Å². The molecule has 0 unspecified atom stereocenters. The highest BCUT2D eigenvalue weighted by Crippen LogP contribution is 2.22. The zero-order valence-electron chi connectivity index (χ0n) is 10.1. The normalized spacial score (nSPS) is 10.8. The van der Waals surface area contributed by atoms with Crippen molar-refractivity contribution in [2.24, 2.45) is 7.05 Å². The minimum absolute atomic E-state index is 0.212. The molecule has 1 heterocycles. The second-order valence-corrected chi connectivity index (χ2v) is 3.94. The lowest BCUT2D eigenvalue weighted by atomic mass is 10.1. The summed E-state index contributed by atoms with van der Waals surface area (Å²) in [5, 5.41) is 3.21. The number of nitrogens with zero attached hydrogens (tertiary/aromatic N) is 2. The molecule has 1 aromatic heterocycles. The minimum Gasteiger partial charge on any atom is -0.334 e. The molecule has 2 rings (SSSR count). The van der Waals surface area contributed by atoms with Gasteiger partial charge in [0.2, 0.25) is 0 Å². The van der Waals surface area contributed by atoms with Gasteiger partial charge >= 0.3 is 0 Å². The van der Waals surface area contributed by atoms with Gasteiger partial charge in [-0.25, -0.2) is 9.37 Å². The maximum atomic E-state index is 13.3. The van der Waals surface area contributed by atoms with E-state index in [2.05, 4.69) is 10.3 Å². The van der Waals surface area contributed by atoms with Crippen LogP contribution in [0.25, 0.3) is 11.4 Å². The fourth-order valence-corrected chi connectivity index (χ4v) is 1.81. The maximum Gasteiger partial charge on any atom is 0.139 e. The zero-order chi connectivity index (χ0) is 12.3. The highest BCUT2D eigenvalue weighted by Gasteiger charge is 2.09. The van der Waals surface area contributed by atoms with E-state index >= 15 is 0 Å². The second kappa shape index (κ2) is 5.10. The molecule has 0 amide bonds. The molecular formula is C13H16FN3. The van der Waals surface area contributed by atoms with Gasteiger partial charge in [0.25, 0.3) is 0 Å². The third-order valence-corrected chi connectivity index (χ3v) is 2.69. The zero-order valence-corrected chi connectivity index (χ0v) is 10.1. The van der Waals surface area contributed by atoms with Gasteiger partial charge in [0.15, 0.2) is 0 Å². The van der Waals surface area contributed by atoms with Gasteiger partial charge < -0.3 is 9.88 Å². The molecule has 3 nitrogen and oxygen atoms in total. The van der Waals surface area contributed by atoms with Crippen molar-refractivity contribution in [2.45, 2.75) is 13.5 Å². The molecule has 90 valence electrons. The van der Waals surface area contributed by atoms with Gasteiger partial charge in [-0.3, -0.25) is 0 Å². The Morgan fingerprint density at radius 1 is 1.41 bits per heavy atom. The van der Waals surface area contributed by atoms with Crippen LogP contribution in [-0.4, -0.2) is 16.1 Å². The molecule has 0 bridgehead atoms. The van der Waals surface area contributed by atoms with Crippen LogP contribution in [0.1, 0.15) is 12.5 Å².